The van der Waals surface area contributed by atoms with Gasteiger partial charge >= 0.3 is 0 Å². The van der Waals surface area contributed by atoms with Crippen LogP contribution >= 0.6 is 0 Å². The number of rotatable bonds is 0. The number of hydrogen-bond donors (Lipinski definition) is 1. The van der Waals surface area contributed by atoms with E-state index >= 15 is 0 Å². The lowest BCUT2D eigenvalue weighted by Gasteiger charge is -1.90. The summed E-state index contributed by atoms with van der Waals surface area (Å²) in [5.41, 5.74) is 3.13. The molecule has 13 heavy (non-hydrogen) atoms. The molecule has 1 aliphatic rings. The number of fused-ring (bicyclic) bond motifs is 3. The molecule has 0 fully saturated rings. The van der Waals surface area contributed by atoms with Crippen LogP contribution in [0.5, 0.6) is 0 Å². The van der Waals surface area contributed by atoms with Gasteiger partial charge in [0.25, 0.3) is 0 Å². The molecule has 0 radical (unpaired) electrons. The van der Waals surface area contributed by atoms with Crippen LogP contribution in [-0.4, -0.2) is 10.8 Å². The highest BCUT2D eigenvalue weighted by atomic mass is 16.1. The number of ketones is 1. The average Bonchev–Trinajstić information content (AvgIpc) is 2.66. The number of Topliss-reactive ketones (excluding diaryl/α,β-unsaturated/α-hetero) is 1. The van der Waals surface area contributed by atoms with E-state index < -0.39 is 0 Å². The highest BCUT2D eigenvalue weighted by Gasteiger charge is 2.23. The first-order valence-electron chi connectivity index (χ1n) is 4.49. The van der Waals surface area contributed by atoms with Crippen molar-refractivity contribution in [2.75, 3.05) is 0 Å². The van der Waals surface area contributed by atoms with E-state index in [4.69, 9.17) is 0 Å². The topological polar surface area (TPSA) is 32.9 Å². The molecule has 0 amide bonds. The molecule has 1 N–H and O–H groups in total. The van der Waals surface area contributed by atoms with Crippen LogP contribution < -0.4 is 0 Å². The van der Waals surface area contributed by atoms with Gasteiger partial charge in [0, 0.05) is 28.6 Å². The molecule has 1 aromatic heterocycles. The van der Waals surface area contributed by atoms with Crippen molar-refractivity contribution in [1.29, 1.82) is 0 Å². The summed E-state index contributed by atoms with van der Waals surface area (Å²) in [4.78, 5) is 14.8. The lowest BCUT2D eigenvalue weighted by Crippen LogP contribution is -1.89. The van der Waals surface area contributed by atoms with Crippen LogP contribution in [-0.2, 0) is 6.42 Å². The second-order valence-corrected chi connectivity index (χ2v) is 3.45. The number of carbonyl (C=O) groups excluding carboxylic acids is 1. The maximum Gasteiger partial charge on any atom is 0.165 e. The zero-order chi connectivity index (χ0) is 8.84. The van der Waals surface area contributed by atoms with Gasteiger partial charge in [0.1, 0.15) is 0 Å². The van der Waals surface area contributed by atoms with Crippen LogP contribution in [0, 0.1) is 0 Å². The molecule has 1 aromatic carbocycles. The van der Waals surface area contributed by atoms with Gasteiger partial charge in [-0.15, -0.1) is 0 Å². The molecule has 1 aliphatic carbocycles. The molecule has 64 valence electrons. The van der Waals surface area contributed by atoms with E-state index in [0.29, 0.717) is 6.42 Å². The number of H-pyrrole nitrogens is 1. The fraction of sp³-hybridized carbons (Fsp3) is 0.182. The number of aromatic amines is 1. The van der Waals surface area contributed by atoms with Crippen LogP contribution in [0.2, 0.25) is 0 Å². The Hall–Kier alpha value is -1.57. The van der Waals surface area contributed by atoms with Gasteiger partial charge < -0.3 is 4.98 Å². The van der Waals surface area contributed by atoms with E-state index in [1.54, 1.807) is 0 Å². The first kappa shape index (κ1) is 6.89. The highest BCUT2D eigenvalue weighted by molar-refractivity contribution is 6.11. The number of aryl methyl sites for hydroxylation is 1. The Morgan fingerprint density at radius 2 is 2.00 bits per heavy atom. The highest BCUT2D eigenvalue weighted by Crippen LogP contribution is 2.29. The fourth-order valence-electron chi connectivity index (χ4n) is 2.07. The predicted molar refractivity (Wildman–Crippen MR) is 51.0 cm³/mol. The van der Waals surface area contributed by atoms with Crippen LogP contribution in [0.3, 0.4) is 0 Å². The van der Waals surface area contributed by atoms with Gasteiger partial charge in [-0.05, 0) is 12.5 Å². The van der Waals surface area contributed by atoms with Crippen molar-refractivity contribution in [3.63, 3.8) is 0 Å². The minimum atomic E-state index is 0.285. The fourth-order valence-corrected chi connectivity index (χ4v) is 2.07. The van der Waals surface area contributed by atoms with Gasteiger partial charge in [0.2, 0.25) is 0 Å². The first-order valence-corrected chi connectivity index (χ1v) is 4.49. The van der Waals surface area contributed by atoms with E-state index in [9.17, 15) is 4.79 Å². The largest absolute Gasteiger partial charge is 0.358 e. The van der Waals surface area contributed by atoms with Crippen molar-refractivity contribution >= 4 is 16.7 Å². The lowest BCUT2D eigenvalue weighted by atomic mass is 10.1. The zero-order valence-corrected chi connectivity index (χ0v) is 7.13. The molecular weight excluding hydrogens is 162 g/mol. The van der Waals surface area contributed by atoms with Crippen molar-refractivity contribution in [3.8, 4) is 0 Å². The van der Waals surface area contributed by atoms with Crippen molar-refractivity contribution in [3.05, 3.63) is 35.5 Å². The first-order chi connectivity index (χ1) is 6.36. The van der Waals surface area contributed by atoms with E-state index in [1.165, 1.54) is 0 Å². The van der Waals surface area contributed by atoms with E-state index in [2.05, 4.69) is 4.98 Å². The molecule has 0 saturated heterocycles. The third-order valence-electron chi connectivity index (χ3n) is 2.66. The Morgan fingerprint density at radius 1 is 1.15 bits per heavy atom. The molecule has 1 heterocycles. The molecule has 0 aliphatic heterocycles. The van der Waals surface area contributed by atoms with Crippen molar-refractivity contribution in [1.82, 2.24) is 4.98 Å². The third kappa shape index (κ3) is 0.800. The summed E-state index contributed by atoms with van der Waals surface area (Å²) in [6, 6.07) is 7.98. The number of carbonyl (C=O) groups is 1. The maximum absolute atomic E-state index is 11.5. The molecule has 3 rings (SSSR count). The normalized spacial score (nSPS) is 15.2. The zero-order valence-electron chi connectivity index (χ0n) is 7.13. The third-order valence-corrected chi connectivity index (χ3v) is 2.66. The van der Waals surface area contributed by atoms with Gasteiger partial charge in [0.05, 0.1) is 0 Å². The van der Waals surface area contributed by atoms with E-state index in [0.717, 1.165) is 28.6 Å². The van der Waals surface area contributed by atoms with Crippen molar-refractivity contribution < 1.29 is 4.79 Å². The monoisotopic (exact) mass is 171 g/mol. The molecule has 0 bridgehead atoms. The van der Waals surface area contributed by atoms with Crippen molar-refractivity contribution in [2.45, 2.75) is 12.8 Å². The standard InChI is InChI=1S/C11H9NO/c13-10-6-5-9-11(10)7-3-1-2-4-8(7)12-9/h1-4,12H,5-6H2. The average molecular weight is 171 g/mol. The summed E-state index contributed by atoms with van der Waals surface area (Å²) in [6.45, 7) is 0. The van der Waals surface area contributed by atoms with E-state index in [-0.39, 0.29) is 5.78 Å². The smallest absolute Gasteiger partial charge is 0.165 e. The summed E-state index contributed by atoms with van der Waals surface area (Å²) < 4.78 is 0. The number of hydrogen-bond acceptors (Lipinski definition) is 1. The summed E-state index contributed by atoms with van der Waals surface area (Å²) in [7, 11) is 0. The van der Waals surface area contributed by atoms with Gasteiger partial charge in [0.15, 0.2) is 5.78 Å². The predicted octanol–water partition coefficient (Wildman–Crippen LogP) is 2.30. The minimum absolute atomic E-state index is 0.285. The Balaban J connectivity index is 2.46. The number of benzene rings is 1. The number of nitrogens with one attached hydrogen (secondary N) is 1. The minimum Gasteiger partial charge on any atom is -0.358 e. The summed E-state index contributed by atoms with van der Waals surface area (Å²) in [5, 5.41) is 1.08. The van der Waals surface area contributed by atoms with E-state index in [1.807, 2.05) is 24.3 Å². The Bertz CT molecular complexity index is 496. The molecule has 0 saturated carbocycles. The second-order valence-electron chi connectivity index (χ2n) is 3.45. The van der Waals surface area contributed by atoms with Gasteiger partial charge in [-0.25, -0.2) is 0 Å². The second kappa shape index (κ2) is 2.22. The molecule has 0 atom stereocenters. The van der Waals surface area contributed by atoms with Crippen LogP contribution in [0.1, 0.15) is 22.5 Å². The molecular formula is C11H9NO. The molecule has 2 heteroatoms. The molecule has 0 unspecified atom stereocenters. The Kier molecular flexibility index (Phi) is 1.18. The summed E-state index contributed by atoms with van der Waals surface area (Å²) >= 11 is 0. The van der Waals surface area contributed by atoms with Crippen molar-refractivity contribution in [2.24, 2.45) is 0 Å². The maximum atomic E-state index is 11.5. The van der Waals surface area contributed by atoms with Crippen LogP contribution in [0.15, 0.2) is 24.3 Å². The SMILES string of the molecule is O=C1CCc2[nH]c3ccccc3c21. The molecule has 0 spiro atoms. The number of aromatic nitrogens is 1. The lowest BCUT2D eigenvalue weighted by molar-refractivity contribution is 0.0996. The summed E-state index contributed by atoms with van der Waals surface area (Å²) in [5.74, 6) is 0.285. The molecule has 2 aromatic rings. The Labute approximate surface area is 75.6 Å². The Morgan fingerprint density at radius 3 is 2.92 bits per heavy atom. The molecule has 2 nitrogen and oxygen atoms in total. The summed E-state index contributed by atoms with van der Waals surface area (Å²) in [6.07, 6.45) is 1.55. The van der Waals surface area contributed by atoms with Crippen LogP contribution in [0.4, 0.5) is 0 Å². The number of para-hydroxylation sites is 1. The van der Waals surface area contributed by atoms with Crippen LogP contribution in [0.25, 0.3) is 10.9 Å². The quantitative estimate of drug-likeness (QED) is 0.648. The van der Waals surface area contributed by atoms with Gasteiger partial charge in [-0.3, -0.25) is 4.79 Å². The van der Waals surface area contributed by atoms with Gasteiger partial charge in [-0.1, -0.05) is 18.2 Å². The van der Waals surface area contributed by atoms with Gasteiger partial charge in [-0.2, -0.15) is 0 Å².